The Morgan fingerprint density at radius 3 is 2.52 bits per heavy atom. The van der Waals surface area contributed by atoms with E-state index in [2.05, 4.69) is 37.6 Å². The molecular formula is C25H35N5O. The number of rotatable bonds is 4. The van der Waals surface area contributed by atoms with Crippen LogP contribution in [0.1, 0.15) is 60.8 Å². The summed E-state index contributed by atoms with van der Waals surface area (Å²) in [6.07, 6.45) is 3.15. The van der Waals surface area contributed by atoms with E-state index in [1.165, 1.54) is 12.8 Å². The molecule has 0 radical (unpaired) electrons. The molecule has 0 aliphatic carbocycles. The molecule has 4 rings (SSSR count). The third-order valence-electron chi connectivity index (χ3n) is 6.86. The van der Waals surface area contributed by atoms with Crippen LogP contribution in [0.2, 0.25) is 0 Å². The third kappa shape index (κ3) is 4.39. The molecule has 1 saturated heterocycles. The Morgan fingerprint density at radius 2 is 1.84 bits per heavy atom. The van der Waals surface area contributed by atoms with Crippen molar-refractivity contribution in [1.82, 2.24) is 14.9 Å². The number of carbonyl (C=O) groups excluding carboxylic acids is 1. The molecule has 1 amide bonds. The molecule has 166 valence electrons. The molecule has 31 heavy (non-hydrogen) atoms. The van der Waals surface area contributed by atoms with Crippen LogP contribution in [0.4, 0.5) is 11.8 Å². The van der Waals surface area contributed by atoms with Gasteiger partial charge in [0, 0.05) is 50.3 Å². The number of benzene rings is 1. The van der Waals surface area contributed by atoms with Gasteiger partial charge in [-0.25, -0.2) is 4.98 Å². The number of aryl methyl sites for hydroxylation is 1. The van der Waals surface area contributed by atoms with Gasteiger partial charge in [0.1, 0.15) is 5.82 Å². The zero-order valence-electron chi connectivity index (χ0n) is 19.6. The van der Waals surface area contributed by atoms with Crippen LogP contribution in [0.25, 0.3) is 0 Å². The van der Waals surface area contributed by atoms with E-state index in [0.29, 0.717) is 19.1 Å². The van der Waals surface area contributed by atoms with Crippen molar-refractivity contribution < 1.29 is 4.79 Å². The number of piperidine rings is 1. The molecule has 0 N–H and O–H groups in total. The van der Waals surface area contributed by atoms with E-state index in [-0.39, 0.29) is 5.91 Å². The summed E-state index contributed by atoms with van der Waals surface area (Å²) in [7, 11) is 2.09. The summed E-state index contributed by atoms with van der Waals surface area (Å²) in [5, 5.41) is 0. The van der Waals surface area contributed by atoms with Crippen molar-refractivity contribution in [2.75, 3.05) is 36.5 Å². The van der Waals surface area contributed by atoms with Crippen molar-refractivity contribution in [1.29, 1.82) is 0 Å². The number of fused-ring (bicyclic) bond motifs is 1. The number of hydrogen-bond donors (Lipinski definition) is 0. The first-order valence-electron chi connectivity index (χ1n) is 11.6. The van der Waals surface area contributed by atoms with E-state index in [4.69, 9.17) is 9.97 Å². The molecule has 6 heteroatoms. The Hall–Kier alpha value is -2.63. The van der Waals surface area contributed by atoms with Crippen LogP contribution in [0.15, 0.2) is 24.3 Å². The van der Waals surface area contributed by atoms with E-state index in [0.717, 1.165) is 59.6 Å². The Morgan fingerprint density at radius 1 is 1.13 bits per heavy atom. The smallest absolute Gasteiger partial charge is 0.254 e. The highest BCUT2D eigenvalue weighted by Crippen LogP contribution is 2.31. The number of aromatic nitrogens is 2. The van der Waals surface area contributed by atoms with Crippen LogP contribution in [-0.4, -0.2) is 53.5 Å². The minimum absolute atomic E-state index is 0.0935. The first kappa shape index (κ1) is 21.6. The van der Waals surface area contributed by atoms with Crippen LogP contribution in [0, 0.1) is 12.8 Å². The number of carbonyl (C=O) groups is 1. The normalized spacial score (nSPS) is 17.1. The maximum atomic E-state index is 13.3. The number of amides is 1. The quantitative estimate of drug-likeness (QED) is 0.745. The van der Waals surface area contributed by atoms with Gasteiger partial charge < -0.3 is 14.7 Å². The highest BCUT2D eigenvalue weighted by molar-refractivity contribution is 5.95. The SMILES string of the molecule is Cc1ccccc1C(=O)N1CCc2nc(N3CCC(C)CC3)nc(N(C)C(C)C)c2C1. The summed E-state index contributed by atoms with van der Waals surface area (Å²) < 4.78 is 0. The lowest BCUT2D eigenvalue weighted by molar-refractivity contribution is 0.0733. The van der Waals surface area contributed by atoms with E-state index in [9.17, 15) is 4.79 Å². The maximum absolute atomic E-state index is 13.3. The van der Waals surface area contributed by atoms with E-state index in [1.807, 2.05) is 36.1 Å². The molecule has 1 aromatic carbocycles. The molecule has 0 atom stereocenters. The molecule has 1 fully saturated rings. The summed E-state index contributed by atoms with van der Waals surface area (Å²) in [4.78, 5) is 29.8. The molecule has 0 bridgehead atoms. The lowest BCUT2D eigenvalue weighted by Gasteiger charge is -2.36. The highest BCUT2D eigenvalue weighted by atomic mass is 16.2. The molecule has 6 nitrogen and oxygen atoms in total. The van der Waals surface area contributed by atoms with Crippen LogP contribution in [0.3, 0.4) is 0 Å². The fraction of sp³-hybridized carbons (Fsp3) is 0.560. The summed E-state index contributed by atoms with van der Waals surface area (Å²) in [5.74, 6) is 2.69. The molecule has 3 heterocycles. The molecule has 1 aromatic heterocycles. The lowest BCUT2D eigenvalue weighted by atomic mass is 9.99. The largest absolute Gasteiger partial charge is 0.357 e. The van der Waals surface area contributed by atoms with Crippen molar-refractivity contribution >= 4 is 17.7 Å². The third-order valence-corrected chi connectivity index (χ3v) is 6.86. The fourth-order valence-corrected chi connectivity index (χ4v) is 4.43. The molecule has 2 aliphatic heterocycles. The first-order chi connectivity index (χ1) is 14.8. The van der Waals surface area contributed by atoms with Gasteiger partial charge in [-0.2, -0.15) is 4.98 Å². The number of anilines is 2. The average molecular weight is 422 g/mol. The molecule has 2 aromatic rings. The van der Waals surface area contributed by atoms with E-state index in [1.54, 1.807) is 0 Å². The monoisotopic (exact) mass is 421 g/mol. The Labute approximate surface area is 186 Å². The van der Waals surface area contributed by atoms with Crippen LogP contribution < -0.4 is 9.80 Å². The topological polar surface area (TPSA) is 52.6 Å². The second kappa shape index (κ2) is 8.85. The van der Waals surface area contributed by atoms with Gasteiger partial charge in [-0.15, -0.1) is 0 Å². The van der Waals surface area contributed by atoms with Gasteiger partial charge in [0.05, 0.1) is 12.2 Å². The van der Waals surface area contributed by atoms with Gasteiger partial charge in [0.15, 0.2) is 0 Å². The summed E-state index contributed by atoms with van der Waals surface area (Å²) in [6.45, 7) is 12.0. The number of hydrogen-bond acceptors (Lipinski definition) is 5. The van der Waals surface area contributed by atoms with Gasteiger partial charge in [-0.1, -0.05) is 25.1 Å². The van der Waals surface area contributed by atoms with Gasteiger partial charge >= 0.3 is 0 Å². The highest BCUT2D eigenvalue weighted by Gasteiger charge is 2.30. The predicted molar refractivity (Wildman–Crippen MR) is 126 cm³/mol. The van der Waals surface area contributed by atoms with Crippen LogP contribution in [0.5, 0.6) is 0 Å². The van der Waals surface area contributed by atoms with Crippen LogP contribution in [-0.2, 0) is 13.0 Å². The zero-order valence-corrected chi connectivity index (χ0v) is 19.6. The van der Waals surface area contributed by atoms with Gasteiger partial charge in [0.2, 0.25) is 5.95 Å². The van der Waals surface area contributed by atoms with Crippen molar-refractivity contribution in [3.05, 3.63) is 46.6 Å². The van der Waals surface area contributed by atoms with Gasteiger partial charge in [-0.3, -0.25) is 4.79 Å². The van der Waals surface area contributed by atoms with Crippen molar-refractivity contribution in [3.8, 4) is 0 Å². The molecule has 0 saturated carbocycles. The summed E-state index contributed by atoms with van der Waals surface area (Å²) in [5.41, 5.74) is 3.99. The fourth-order valence-electron chi connectivity index (χ4n) is 4.43. The lowest BCUT2D eigenvalue weighted by Crippen LogP contribution is -2.40. The standard InChI is InChI=1S/C25H35N5O/c1-17(2)28(5)23-21-16-30(24(31)20-9-7-6-8-19(20)4)15-12-22(21)26-25(27-23)29-13-10-18(3)11-14-29/h6-9,17-18H,10-16H2,1-5H3. The second-order valence-electron chi connectivity index (χ2n) is 9.44. The molecule has 2 aliphatic rings. The minimum Gasteiger partial charge on any atom is -0.357 e. The Balaban J connectivity index is 1.67. The van der Waals surface area contributed by atoms with Crippen molar-refractivity contribution in [2.45, 2.75) is 59.5 Å². The molecular weight excluding hydrogens is 386 g/mol. The van der Waals surface area contributed by atoms with Crippen molar-refractivity contribution in [2.24, 2.45) is 5.92 Å². The second-order valence-corrected chi connectivity index (χ2v) is 9.44. The van der Waals surface area contributed by atoms with Crippen LogP contribution >= 0.6 is 0 Å². The molecule has 0 unspecified atom stereocenters. The molecule has 0 spiro atoms. The zero-order chi connectivity index (χ0) is 22.1. The Bertz CT molecular complexity index is 949. The Kier molecular flexibility index (Phi) is 6.17. The van der Waals surface area contributed by atoms with Crippen molar-refractivity contribution in [3.63, 3.8) is 0 Å². The maximum Gasteiger partial charge on any atom is 0.254 e. The number of nitrogens with zero attached hydrogens (tertiary/aromatic N) is 5. The minimum atomic E-state index is 0.0935. The van der Waals surface area contributed by atoms with Gasteiger partial charge in [0.25, 0.3) is 5.91 Å². The van der Waals surface area contributed by atoms with E-state index < -0.39 is 0 Å². The predicted octanol–water partition coefficient (Wildman–Crippen LogP) is 4.06. The van der Waals surface area contributed by atoms with E-state index >= 15 is 0 Å². The van der Waals surface area contributed by atoms with Gasteiger partial charge in [-0.05, 0) is 51.2 Å². The summed E-state index contributed by atoms with van der Waals surface area (Å²) in [6, 6.07) is 8.15. The first-order valence-corrected chi connectivity index (χ1v) is 11.6. The summed E-state index contributed by atoms with van der Waals surface area (Å²) >= 11 is 0. The average Bonchev–Trinajstić information content (AvgIpc) is 2.77.